The fraction of sp³-hybridized carbons (Fsp3) is 0.429. The zero-order valence-corrected chi connectivity index (χ0v) is 11.5. The van der Waals surface area contributed by atoms with Crippen LogP contribution in [0, 0.1) is 6.92 Å². The van der Waals surface area contributed by atoms with Crippen LogP contribution in [-0.4, -0.2) is 28.1 Å². The van der Waals surface area contributed by atoms with Gasteiger partial charge in [0, 0.05) is 12.7 Å². The summed E-state index contributed by atoms with van der Waals surface area (Å²) in [4.78, 5) is 0. The van der Waals surface area contributed by atoms with Gasteiger partial charge in [-0.25, -0.2) is 4.68 Å². The lowest BCUT2D eigenvalue weighted by atomic mass is 10.2. The summed E-state index contributed by atoms with van der Waals surface area (Å²) in [6, 6.07) is 8.04. The van der Waals surface area contributed by atoms with Gasteiger partial charge < -0.3 is 10.1 Å². The van der Waals surface area contributed by atoms with Crippen molar-refractivity contribution in [3.63, 3.8) is 0 Å². The third-order valence-electron chi connectivity index (χ3n) is 2.72. The highest BCUT2D eigenvalue weighted by Crippen LogP contribution is 2.12. The highest BCUT2D eigenvalue weighted by molar-refractivity contribution is 5.27. The molecule has 0 bridgehead atoms. The van der Waals surface area contributed by atoms with E-state index in [2.05, 4.69) is 35.5 Å². The number of ether oxygens (including phenoxy) is 1. The van der Waals surface area contributed by atoms with Crippen LogP contribution in [0.2, 0.25) is 0 Å². The smallest absolute Gasteiger partial charge is 0.119 e. The van der Waals surface area contributed by atoms with E-state index in [1.165, 1.54) is 5.56 Å². The lowest BCUT2D eigenvalue weighted by Crippen LogP contribution is -2.12. The van der Waals surface area contributed by atoms with Crippen molar-refractivity contribution in [3.8, 4) is 5.75 Å². The molecule has 0 fully saturated rings. The first-order valence-corrected chi connectivity index (χ1v) is 6.57. The Hall–Kier alpha value is -1.88. The highest BCUT2D eigenvalue weighted by Gasteiger charge is 2.00. The van der Waals surface area contributed by atoms with Crippen LogP contribution in [0.4, 0.5) is 0 Å². The first kappa shape index (κ1) is 13.5. The molecule has 0 aliphatic carbocycles. The quantitative estimate of drug-likeness (QED) is 0.824. The van der Waals surface area contributed by atoms with Crippen molar-refractivity contribution in [1.29, 1.82) is 0 Å². The van der Waals surface area contributed by atoms with Crippen molar-refractivity contribution in [2.75, 3.05) is 13.2 Å². The monoisotopic (exact) mass is 260 g/mol. The topological polar surface area (TPSA) is 52.0 Å². The molecule has 5 heteroatoms. The second-order valence-corrected chi connectivity index (χ2v) is 4.42. The zero-order valence-electron chi connectivity index (χ0n) is 11.5. The minimum Gasteiger partial charge on any atom is -0.492 e. The Kier molecular flexibility index (Phi) is 4.92. The number of aromatic nitrogens is 3. The summed E-state index contributed by atoms with van der Waals surface area (Å²) < 4.78 is 7.48. The molecule has 1 N–H and O–H groups in total. The third-order valence-corrected chi connectivity index (χ3v) is 2.72. The molecule has 0 spiro atoms. The molecule has 102 valence electrons. The molecule has 5 nitrogen and oxygen atoms in total. The number of benzene rings is 1. The fourth-order valence-electron chi connectivity index (χ4n) is 1.74. The predicted octanol–water partition coefficient (Wildman–Crippen LogP) is 1.78. The molecular formula is C14H20N4O. The van der Waals surface area contributed by atoms with Crippen molar-refractivity contribution in [3.05, 3.63) is 41.7 Å². The fourth-order valence-corrected chi connectivity index (χ4v) is 1.74. The van der Waals surface area contributed by atoms with Crippen molar-refractivity contribution >= 4 is 0 Å². The molecule has 2 rings (SSSR count). The average Bonchev–Trinajstić information content (AvgIpc) is 2.84. The van der Waals surface area contributed by atoms with E-state index in [0.717, 1.165) is 24.5 Å². The molecular weight excluding hydrogens is 240 g/mol. The molecule has 1 heterocycles. The number of hydrogen-bond acceptors (Lipinski definition) is 4. The predicted molar refractivity (Wildman–Crippen MR) is 74.1 cm³/mol. The lowest BCUT2D eigenvalue weighted by molar-refractivity contribution is 0.289. The molecule has 0 radical (unpaired) electrons. The molecule has 0 aliphatic rings. The molecule has 19 heavy (non-hydrogen) atoms. The Bertz CT molecular complexity index is 510. The molecule has 0 aliphatic heterocycles. The number of nitrogens with one attached hydrogen (secondary N) is 1. The maximum Gasteiger partial charge on any atom is 0.119 e. The molecule has 0 unspecified atom stereocenters. The molecule has 0 saturated heterocycles. The van der Waals surface area contributed by atoms with Gasteiger partial charge in [0.25, 0.3) is 0 Å². The van der Waals surface area contributed by atoms with Gasteiger partial charge in [0.1, 0.15) is 12.4 Å². The van der Waals surface area contributed by atoms with Gasteiger partial charge in [-0.1, -0.05) is 24.3 Å². The van der Waals surface area contributed by atoms with Crippen LogP contribution < -0.4 is 10.1 Å². The second-order valence-electron chi connectivity index (χ2n) is 4.42. The molecule has 0 atom stereocenters. The van der Waals surface area contributed by atoms with E-state index in [4.69, 9.17) is 4.74 Å². The largest absolute Gasteiger partial charge is 0.492 e. The van der Waals surface area contributed by atoms with E-state index < -0.39 is 0 Å². The van der Waals surface area contributed by atoms with Gasteiger partial charge >= 0.3 is 0 Å². The van der Waals surface area contributed by atoms with Crippen molar-refractivity contribution in [1.82, 2.24) is 20.3 Å². The molecule has 2 aromatic rings. The van der Waals surface area contributed by atoms with Crippen molar-refractivity contribution in [2.24, 2.45) is 0 Å². The molecule has 0 amide bonds. The van der Waals surface area contributed by atoms with Gasteiger partial charge in [-0.2, -0.15) is 0 Å². The van der Waals surface area contributed by atoms with E-state index in [1.54, 1.807) is 0 Å². The van der Waals surface area contributed by atoms with Crippen LogP contribution in [0.5, 0.6) is 5.75 Å². The first-order chi connectivity index (χ1) is 9.28. The summed E-state index contributed by atoms with van der Waals surface area (Å²) in [7, 11) is 0. The van der Waals surface area contributed by atoms with Crippen molar-refractivity contribution in [2.45, 2.75) is 26.9 Å². The third kappa shape index (κ3) is 4.37. The van der Waals surface area contributed by atoms with E-state index in [9.17, 15) is 0 Å². The summed E-state index contributed by atoms with van der Waals surface area (Å²) in [5.74, 6) is 0.896. The van der Waals surface area contributed by atoms with Crippen LogP contribution in [0.1, 0.15) is 18.2 Å². The zero-order chi connectivity index (χ0) is 13.5. The Labute approximate surface area is 113 Å². The highest BCUT2D eigenvalue weighted by atomic mass is 16.5. The SMILES string of the molecule is CCNCc1cn(CCOc2cccc(C)c2)nn1. The van der Waals surface area contributed by atoms with E-state index >= 15 is 0 Å². The second kappa shape index (κ2) is 6.89. The Morgan fingerprint density at radius 3 is 3.05 bits per heavy atom. The summed E-state index contributed by atoms with van der Waals surface area (Å²) >= 11 is 0. The summed E-state index contributed by atoms with van der Waals surface area (Å²) in [5.41, 5.74) is 2.16. The number of hydrogen-bond donors (Lipinski definition) is 1. The minimum atomic E-state index is 0.591. The first-order valence-electron chi connectivity index (χ1n) is 6.57. The summed E-state index contributed by atoms with van der Waals surface area (Å²) in [6.45, 7) is 7.11. The van der Waals surface area contributed by atoms with Crippen LogP contribution in [0.25, 0.3) is 0 Å². The summed E-state index contributed by atoms with van der Waals surface area (Å²) in [6.07, 6.45) is 1.95. The Morgan fingerprint density at radius 2 is 2.26 bits per heavy atom. The Morgan fingerprint density at radius 1 is 1.37 bits per heavy atom. The van der Waals surface area contributed by atoms with E-state index in [1.807, 2.05) is 29.1 Å². The number of rotatable bonds is 7. The maximum atomic E-state index is 5.68. The van der Waals surface area contributed by atoms with Gasteiger partial charge in [0.15, 0.2) is 0 Å². The molecule has 0 saturated carbocycles. The Balaban J connectivity index is 1.77. The van der Waals surface area contributed by atoms with Crippen LogP contribution >= 0.6 is 0 Å². The van der Waals surface area contributed by atoms with Gasteiger partial charge in [-0.05, 0) is 31.2 Å². The maximum absolute atomic E-state index is 5.68. The van der Waals surface area contributed by atoms with Crippen LogP contribution in [-0.2, 0) is 13.1 Å². The number of aryl methyl sites for hydroxylation is 1. The standard InChI is InChI=1S/C14H20N4O/c1-3-15-10-13-11-18(17-16-13)7-8-19-14-6-4-5-12(2)9-14/h4-6,9,11,15H,3,7-8,10H2,1-2H3. The molecule has 1 aromatic carbocycles. The van der Waals surface area contributed by atoms with Gasteiger partial charge in [0.2, 0.25) is 0 Å². The van der Waals surface area contributed by atoms with Gasteiger partial charge in [-0.15, -0.1) is 5.10 Å². The van der Waals surface area contributed by atoms with Crippen LogP contribution in [0.3, 0.4) is 0 Å². The van der Waals surface area contributed by atoms with Gasteiger partial charge in [-0.3, -0.25) is 0 Å². The number of nitrogens with zero attached hydrogens (tertiary/aromatic N) is 3. The van der Waals surface area contributed by atoms with Crippen LogP contribution in [0.15, 0.2) is 30.5 Å². The lowest BCUT2D eigenvalue weighted by Gasteiger charge is -2.06. The average molecular weight is 260 g/mol. The normalized spacial score (nSPS) is 10.6. The van der Waals surface area contributed by atoms with E-state index in [-0.39, 0.29) is 0 Å². The van der Waals surface area contributed by atoms with Crippen molar-refractivity contribution < 1.29 is 4.74 Å². The van der Waals surface area contributed by atoms with E-state index in [0.29, 0.717) is 13.2 Å². The van der Waals surface area contributed by atoms with Gasteiger partial charge in [0.05, 0.1) is 12.2 Å². The molecule has 1 aromatic heterocycles. The summed E-state index contributed by atoms with van der Waals surface area (Å²) in [5, 5.41) is 11.4. The minimum absolute atomic E-state index is 0.591.